The Morgan fingerprint density at radius 1 is 1.42 bits per heavy atom. The van der Waals surface area contributed by atoms with E-state index in [1.54, 1.807) is 0 Å². The Bertz CT molecular complexity index is 264. The first-order valence-electron chi connectivity index (χ1n) is 3.56. The van der Waals surface area contributed by atoms with Gasteiger partial charge < -0.3 is 9.84 Å². The average Bonchev–Trinajstić information content (AvgIpc) is 2.10. The Hall–Kier alpha value is -1.56. The van der Waals surface area contributed by atoms with Gasteiger partial charge in [0.15, 0.2) is 0 Å². The molecule has 0 bridgehead atoms. The van der Waals surface area contributed by atoms with Crippen molar-refractivity contribution in [2.24, 2.45) is 0 Å². The molecule has 0 radical (unpaired) electrons. The number of hydrogen-bond donors (Lipinski definition) is 1. The summed E-state index contributed by atoms with van der Waals surface area (Å²) in [4.78, 5) is 0. The summed E-state index contributed by atoms with van der Waals surface area (Å²) < 4.78 is 4.75. The minimum absolute atomic E-state index is 0.210. The van der Waals surface area contributed by atoms with E-state index in [0.29, 0.717) is 6.42 Å². The summed E-state index contributed by atoms with van der Waals surface area (Å²) in [6.45, 7) is 2.07. The number of rotatable bonds is 3. The second-order valence-corrected chi connectivity index (χ2v) is 1.99. The zero-order chi connectivity index (χ0) is 9.23. The summed E-state index contributed by atoms with van der Waals surface area (Å²) in [6.07, 6.45) is 7.34. The zero-order valence-corrected chi connectivity index (χ0v) is 6.92. The molecule has 0 amide bonds. The van der Waals surface area contributed by atoms with Crippen molar-refractivity contribution < 1.29 is 9.84 Å². The molecule has 62 valence electrons. The molecule has 2 nitrogen and oxygen atoms in total. The summed E-state index contributed by atoms with van der Waals surface area (Å²) >= 11 is 0. The van der Waals surface area contributed by atoms with Crippen LogP contribution in [-0.4, -0.2) is 17.8 Å². The van der Waals surface area contributed by atoms with Crippen LogP contribution in [0.5, 0.6) is 0 Å². The summed E-state index contributed by atoms with van der Waals surface area (Å²) in [5.41, 5.74) is 0. The topological polar surface area (TPSA) is 29.5 Å². The van der Waals surface area contributed by atoms with E-state index >= 15 is 0 Å². The number of hydrogen-bond acceptors (Lipinski definition) is 2. The van der Waals surface area contributed by atoms with Crippen LogP contribution >= 0.6 is 0 Å². The number of terminal acetylenes is 1. The van der Waals surface area contributed by atoms with E-state index in [9.17, 15) is 0 Å². The van der Waals surface area contributed by atoms with Crippen molar-refractivity contribution in [1.29, 1.82) is 0 Å². The highest BCUT2D eigenvalue weighted by Crippen LogP contribution is 1.88. The Morgan fingerprint density at radius 3 is 2.75 bits per heavy atom. The minimum atomic E-state index is -0.458. The molecule has 0 rings (SSSR count). The van der Waals surface area contributed by atoms with Gasteiger partial charge in [-0.25, -0.2) is 0 Å². The number of aliphatic hydroxyl groups excluding tert-OH is 1. The van der Waals surface area contributed by atoms with E-state index in [2.05, 4.69) is 29.8 Å². The van der Waals surface area contributed by atoms with Crippen molar-refractivity contribution in [3.8, 4) is 36.2 Å². The van der Waals surface area contributed by atoms with Crippen LogP contribution in [0.1, 0.15) is 13.3 Å². The lowest BCUT2D eigenvalue weighted by atomic mass is 10.3. The van der Waals surface area contributed by atoms with Crippen molar-refractivity contribution in [3.63, 3.8) is 0 Å². The van der Waals surface area contributed by atoms with Crippen LogP contribution in [0.15, 0.2) is 0 Å². The van der Waals surface area contributed by atoms with Crippen molar-refractivity contribution in [2.75, 3.05) is 6.61 Å². The lowest BCUT2D eigenvalue weighted by Gasteiger charge is -2.02. The maximum atomic E-state index is 9.00. The van der Waals surface area contributed by atoms with E-state index < -0.39 is 6.10 Å². The van der Waals surface area contributed by atoms with E-state index in [1.807, 2.05) is 6.92 Å². The maximum absolute atomic E-state index is 9.00. The maximum Gasteiger partial charge on any atom is 0.126 e. The lowest BCUT2D eigenvalue weighted by molar-refractivity contribution is 0.0904. The third-order valence-corrected chi connectivity index (χ3v) is 1.07. The zero-order valence-electron chi connectivity index (χ0n) is 6.92. The summed E-state index contributed by atoms with van der Waals surface area (Å²) in [5, 5.41) is 9.00. The molecule has 2 heteroatoms. The van der Waals surface area contributed by atoms with Gasteiger partial charge in [-0.3, -0.25) is 0 Å². The highest BCUT2D eigenvalue weighted by molar-refractivity contribution is 5.32. The summed E-state index contributed by atoms with van der Waals surface area (Å²) in [5.74, 6) is 9.17. The van der Waals surface area contributed by atoms with Gasteiger partial charge in [-0.1, -0.05) is 6.92 Å². The smallest absolute Gasteiger partial charge is 0.126 e. The van der Waals surface area contributed by atoms with E-state index in [1.165, 1.54) is 0 Å². The highest BCUT2D eigenvalue weighted by Gasteiger charge is 1.97. The largest absolute Gasteiger partial charge is 0.443 e. The van der Waals surface area contributed by atoms with Gasteiger partial charge in [0.05, 0.1) is 6.10 Å². The predicted molar refractivity (Wildman–Crippen MR) is 46.6 cm³/mol. The molecular weight excluding hydrogens is 152 g/mol. The van der Waals surface area contributed by atoms with Gasteiger partial charge in [-0.2, -0.15) is 0 Å². The quantitative estimate of drug-likeness (QED) is 0.607. The molecule has 1 atom stereocenters. The molecule has 0 aromatic carbocycles. The second kappa shape index (κ2) is 7.55. The molecule has 0 aromatic heterocycles. The first-order valence-corrected chi connectivity index (χ1v) is 3.56. The average molecular weight is 162 g/mol. The van der Waals surface area contributed by atoms with Crippen molar-refractivity contribution in [3.05, 3.63) is 0 Å². The van der Waals surface area contributed by atoms with Crippen molar-refractivity contribution >= 4 is 0 Å². The predicted octanol–water partition coefficient (Wildman–Crippen LogP) is 0.371. The molecule has 0 aromatic rings. The molecule has 0 spiro atoms. The van der Waals surface area contributed by atoms with Gasteiger partial charge >= 0.3 is 0 Å². The van der Waals surface area contributed by atoms with Gasteiger partial charge in [-0.15, -0.1) is 6.42 Å². The molecule has 12 heavy (non-hydrogen) atoms. The molecule has 1 N–H and O–H groups in total. The lowest BCUT2D eigenvalue weighted by Crippen LogP contribution is -2.11. The fourth-order valence-corrected chi connectivity index (χ4v) is 0.385. The highest BCUT2D eigenvalue weighted by atomic mass is 16.5. The molecule has 0 aliphatic carbocycles. The van der Waals surface area contributed by atoms with Crippen LogP contribution in [0, 0.1) is 36.2 Å². The third-order valence-electron chi connectivity index (χ3n) is 1.07. The SMILES string of the molecule is C#CC#CC#COCC(O)CC. The Balaban J connectivity index is 3.54. The van der Waals surface area contributed by atoms with Crippen LogP contribution in [0.2, 0.25) is 0 Å². The number of ether oxygens (including phenoxy) is 1. The Kier molecular flexibility index (Phi) is 6.56. The summed E-state index contributed by atoms with van der Waals surface area (Å²) in [7, 11) is 0. The van der Waals surface area contributed by atoms with Crippen LogP contribution in [0.25, 0.3) is 0 Å². The van der Waals surface area contributed by atoms with Gasteiger partial charge in [0.25, 0.3) is 0 Å². The van der Waals surface area contributed by atoms with Crippen LogP contribution in [0.4, 0.5) is 0 Å². The fourth-order valence-electron chi connectivity index (χ4n) is 0.385. The molecular formula is C10H10O2. The summed E-state index contributed by atoms with van der Waals surface area (Å²) in [6, 6.07) is 0. The van der Waals surface area contributed by atoms with Gasteiger partial charge in [0.2, 0.25) is 0 Å². The normalized spacial score (nSPS) is 9.42. The van der Waals surface area contributed by atoms with Crippen molar-refractivity contribution in [2.45, 2.75) is 19.4 Å². The molecule has 0 saturated heterocycles. The number of aliphatic hydroxyl groups is 1. The molecule has 0 heterocycles. The van der Waals surface area contributed by atoms with Crippen LogP contribution < -0.4 is 0 Å². The Labute approximate surface area is 72.9 Å². The monoisotopic (exact) mass is 162 g/mol. The van der Waals surface area contributed by atoms with Gasteiger partial charge in [0.1, 0.15) is 12.7 Å². The van der Waals surface area contributed by atoms with Gasteiger partial charge in [0, 0.05) is 11.8 Å². The van der Waals surface area contributed by atoms with Crippen LogP contribution in [-0.2, 0) is 4.74 Å². The standard InChI is InChI=1S/C10H10O2/c1-3-5-6-7-8-12-9-10(11)4-2/h1,10-11H,4,9H2,2H3. The van der Waals surface area contributed by atoms with Crippen molar-refractivity contribution in [1.82, 2.24) is 0 Å². The van der Waals surface area contributed by atoms with E-state index in [0.717, 1.165) is 0 Å². The molecule has 0 aliphatic rings. The van der Waals surface area contributed by atoms with Crippen LogP contribution in [0.3, 0.4) is 0 Å². The van der Waals surface area contributed by atoms with E-state index in [4.69, 9.17) is 16.3 Å². The molecule has 0 saturated carbocycles. The van der Waals surface area contributed by atoms with E-state index in [-0.39, 0.29) is 6.61 Å². The minimum Gasteiger partial charge on any atom is -0.443 e. The molecule has 1 unspecified atom stereocenters. The Morgan fingerprint density at radius 2 is 2.17 bits per heavy atom. The molecule has 0 aliphatic heterocycles. The third kappa shape index (κ3) is 6.56. The first-order chi connectivity index (χ1) is 5.81. The second-order valence-electron chi connectivity index (χ2n) is 1.99. The fraction of sp³-hybridized carbons (Fsp3) is 0.400. The first kappa shape index (κ1) is 10.4. The molecule has 0 fully saturated rings. The van der Waals surface area contributed by atoms with Gasteiger partial charge in [-0.05, 0) is 18.3 Å².